The molecule has 1 aromatic carbocycles. The van der Waals surface area contributed by atoms with Gasteiger partial charge >= 0.3 is 5.97 Å². The van der Waals surface area contributed by atoms with Gasteiger partial charge in [0.2, 0.25) is 0 Å². The third-order valence-corrected chi connectivity index (χ3v) is 3.51. The number of methoxy groups -OCH3 is 1. The van der Waals surface area contributed by atoms with Crippen molar-refractivity contribution in [1.29, 1.82) is 0 Å². The Hall–Kier alpha value is -1.31. The summed E-state index contributed by atoms with van der Waals surface area (Å²) in [4.78, 5) is 11.8. The molecule has 2 nitrogen and oxygen atoms in total. The van der Waals surface area contributed by atoms with Gasteiger partial charge in [-0.25, -0.2) is 0 Å². The molecule has 0 saturated heterocycles. The first-order chi connectivity index (χ1) is 7.65. The third kappa shape index (κ3) is 1.73. The van der Waals surface area contributed by atoms with Gasteiger partial charge in [0.15, 0.2) is 0 Å². The zero-order valence-corrected chi connectivity index (χ0v) is 10.1. The van der Waals surface area contributed by atoms with Crippen molar-refractivity contribution < 1.29 is 9.53 Å². The summed E-state index contributed by atoms with van der Waals surface area (Å²) in [6.07, 6.45) is 0.825. The second-order valence-corrected chi connectivity index (χ2v) is 4.80. The van der Waals surface area contributed by atoms with Crippen LogP contribution in [-0.4, -0.2) is 13.1 Å². The van der Waals surface area contributed by atoms with Crippen molar-refractivity contribution in [2.24, 2.45) is 11.8 Å². The monoisotopic (exact) mass is 218 g/mol. The Bertz CT molecular complexity index is 395. The van der Waals surface area contributed by atoms with Crippen molar-refractivity contribution >= 4 is 5.97 Å². The SMILES string of the molecule is COC(=O)[C@H]1Cc2ccccc2[C@H]1C(C)C. The summed E-state index contributed by atoms with van der Waals surface area (Å²) in [7, 11) is 1.47. The van der Waals surface area contributed by atoms with Crippen LogP contribution in [0.25, 0.3) is 0 Å². The highest BCUT2D eigenvalue weighted by atomic mass is 16.5. The van der Waals surface area contributed by atoms with E-state index in [1.807, 2.05) is 12.1 Å². The lowest BCUT2D eigenvalue weighted by atomic mass is 9.83. The van der Waals surface area contributed by atoms with Gasteiger partial charge in [-0.1, -0.05) is 38.1 Å². The molecule has 0 heterocycles. The van der Waals surface area contributed by atoms with E-state index < -0.39 is 0 Å². The molecule has 2 heteroatoms. The molecule has 0 amide bonds. The summed E-state index contributed by atoms with van der Waals surface area (Å²) in [6, 6.07) is 8.35. The van der Waals surface area contributed by atoms with Crippen molar-refractivity contribution in [3.8, 4) is 0 Å². The van der Waals surface area contributed by atoms with Gasteiger partial charge in [0.1, 0.15) is 0 Å². The fourth-order valence-electron chi connectivity index (χ4n) is 2.83. The second-order valence-electron chi connectivity index (χ2n) is 4.80. The number of hydrogen-bond acceptors (Lipinski definition) is 2. The standard InChI is InChI=1S/C14H18O2/c1-9(2)13-11-7-5-4-6-10(11)8-12(13)14(15)16-3/h4-7,9,12-13H,8H2,1-3H3/t12-,13+/m0/s1. The molecule has 0 unspecified atom stereocenters. The van der Waals surface area contributed by atoms with Crippen molar-refractivity contribution in [3.63, 3.8) is 0 Å². The molecular weight excluding hydrogens is 200 g/mol. The lowest BCUT2D eigenvalue weighted by molar-refractivity contribution is -0.146. The molecule has 16 heavy (non-hydrogen) atoms. The zero-order chi connectivity index (χ0) is 11.7. The molecule has 86 valence electrons. The van der Waals surface area contributed by atoms with E-state index in [-0.39, 0.29) is 11.9 Å². The highest BCUT2D eigenvalue weighted by Gasteiger charge is 2.39. The van der Waals surface area contributed by atoms with Gasteiger partial charge in [0, 0.05) is 5.92 Å². The number of carbonyl (C=O) groups is 1. The number of carbonyl (C=O) groups excluding carboxylic acids is 1. The fourth-order valence-corrected chi connectivity index (χ4v) is 2.83. The van der Waals surface area contributed by atoms with Crippen LogP contribution in [0.5, 0.6) is 0 Å². The number of fused-ring (bicyclic) bond motifs is 1. The molecule has 0 fully saturated rings. The predicted octanol–water partition coefficient (Wildman–Crippen LogP) is 2.77. The summed E-state index contributed by atoms with van der Waals surface area (Å²) in [6.45, 7) is 4.34. The molecule has 0 bridgehead atoms. The summed E-state index contributed by atoms with van der Waals surface area (Å²) < 4.78 is 4.91. The van der Waals surface area contributed by atoms with Gasteiger partial charge in [-0.15, -0.1) is 0 Å². The smallest absolute Gasteiger partial charge is 0.309 e. The molecular formula is C14H18O2. The van der Waals surface area contributed by atoms with Crippen LogP contribution in [0.2, 0.25) is 0 Å². The van der Waals surface area contributed by atoms with E-state index in [0.717, 1.165) is 6.42 Å². The summed E-state index contributed by atoms with van der Waals surface area (Å²) >= 11 is 0. The van der Waals surface area contributed by atoms with Crippen LogP contribution in [0.4, 0.5) is 0 Å². The lowest BCUT2D eigenvalue weighted by Gasteiger charge is -2.22. The van der Waals surface area contributed by atoms with E-state index in [2.05, 4.69) is 26.0 Å². The van der Waals surface area contributed by atoms with Gasteiger partial charge in [-0.2, -0.15) is 0 Å². The first kappa shape index (κ1) is 11.2. The van der Waals surface area contributed by atoms with E-state index in [4.69, 9.17) is 4.74 Å². The topological polar surface area (TPSA) is 26.3 Å². The van der Waals surface area contributed by atoms with E-state index in [9.17, 15) is 4.79 Å². The molecule has 0 aromatic heterocycles. The lowest BCUT2D eigenvalue weighted by Crippen LogP contribution is -2.23. The Morgan fingerprint density at radius 2 is 2.06 bits per heavy atom. The first-order valence-corrected chi connectivity index (χ1v) is 5.80. The Morgan fingerprint density at radius 1 is 1.38 bits per heavy atom. The van der Waals surface area contributed by atoms with Crippen molar-refractivity contribution in [1.82, 2.24) is 0 Å². The summed E-state index contributed by atoms with van der Waals surface area (Å²) in [5, 5.41) is 0. The number of esters is 1. The number of rotatable bonds is 2. The van der Waals surface area contributed by atoms with Crippen molar-refractivity contribution in [2.75, 3.05) is 7.11 Å². The van der Waals surface area contributed by atoms with Crippen LogP contribution in [0.1, 0.15) is 30.9 Å². The molecule has 2 atom stereocenters. The largest absolute Gasteiger partial charge is 0.469 e. The Labute approximate surface area is 96.6 Å². The normalized spacial score (nSPS) is 23.2. The van der Waals surface area contributed by atoms with E-state index in [0.29, 0.717) is 11.8 Å². The van der Waals surface area contributed by atoms with Gasteiger partial charge in [0.25, 0.3) is 0 Å². The molecule has 1 aliphatic rings. The van der Waals surface area contributed by atoms with Crippen LogP contribution in [-0.2, 0) is 16.0 Å². The average molecular weight is 218 g/mol. The minimum absolute atomic E-state index is 0.00222. The van der Waals surface area contributed by atoms with Gasteiger partial charge < -0.3 is 4.74 Å². The maximum absolute atomic E-state index is 11.8. The minimum atomic E-state index is -0.0742. The first-order valence-electron chi connectivity index (χ1n) is 5.80. The number of ether oxygens (including phenoxy) is 1. The van der Waals surface area contributed by atoms with Gasteiger partial charge in [0.05, 0.1) is 13.0 Å². The summed E-state index contributed by atoms with van der Waals surface area (Å²) in [5.41, 5.74) is 2.63. The van der Waals surface area contributed by atoms with E-state index in [1.165, 1.54) is 18.2 Å². The predicted molar refractivity (Wildman–Crippen MR) is 63.2 cm³/mol. The molecule has 0 saturated carbocycles. The highest BCUT2D eigenvalue weighted by molar-refractivity contribution is 5.75. The molecule has 2 rings (SSSR count). The Kier molecular flexibility index (Phi) is 2.99. The summed E-state index contributed by atoms with van der Waals surface area (Å²) in [5.74, 6) is 0.702. The van der Waals surface area contributed by atoms with Crippen molar-refractivity contribution in [3.05, 3.63) is 35.4 Å². The van der Waals surface area contributed by atoms with Crippen LogP contribution >= 0.6 is 0 Å². The minimum Gasteiger partial charge on any atom is -0.469 e. The van der Waals surface area contributed by atoms with E-state index >= 15 is 0 Å². The molecule has 0 spiro atoms. The van der Waals surface area contributed by atoms with Crippen LogP contribution < -0.4 is 0 Å². The van der Waals surface area contributed by atoms with Crippen molar-refractivity contribution in [2.45, 2.75) is 26.2 Å². The van der Waals surface area contributed by atoms with E-state index in [1.54, 1.807) is 0 Å². The molecule has 0 aliphatic heterocycles. The molecule has 1 aromatic rings. The molecule has 0 radical (unpaired) electrons. The second kappa shape index (κ2) is 4.28. The Balaban J connectivity index is 2.37. The number of hydrogen-bond donors (Lipinski definition) is 0. The Morgan fingerprint density at radius 3 is 2.69 bits per heavy atom. The van der Waals surface area contributed by atoms with Crippen LogP contribution in [0.15, 0.2) is 24.3 Å². The average Bonchev–Trinajstić information content (AvgIpc) is 2.67. The van der Waals surface area contributed by atoms with Gasteiger partial charge in [-0.05, 0) is 23.5 Å². The number of benzene rings is 1. The zero-order valence-electron chi connectivity index (χ0n) is 10.1. The fraction of sp³-hybridized carbons (Fsp3) is 0.500. The quantitative estimate of drug-likeness (QED) is 0.713. The molecule has 1 aliphatic carbocycles. The van der Waals surface area contributed by atoms with Crippen LogP contribution in [0.3, 0.4) is 0 Å². The van der Waals surface area contributed by atoms with Crippen LogP contribution in [0, 0.1) is 11.8 Å². The maximum atomic E-state index is 11.8. The van der Waals surface area contributed by atoms with Gasteiger partial charge in [-0.3, -0.25) is 4.79 Å². The molecule has 0 N–H and O–H groups in total. The third-order valence-electron chi connectivity index (χ3n) is 3.51. The highest BCUT2D eigenvalue weighted by Crippen LogP contribution is 2.42. The maximum Gasteiger partial charge on any atom is 0.309 e.